The van der Waals surface area contributed by atoms with Crippen molar-refractivity contribution in [2.45, 2.75) is 24.5 Å². The van der Waals surface area contributed by atoms with Crippen molar-refractivity contribution in [1.82, 2.24) is 19.5 Å². The van der Waals surface area contributed by atoms with Crippen molar-refractivity contribution < 1.29 is 14.9 Å². The molecule has 0 saturated carbocycles. The summed E-state index contributed by atoms with van der Waals surface area (Å²) in [6.45, 7) is 0.123. The predicted octanol–water partition coefficient (Wildman–Crippen LogP) is -1.55. The van der Waals surface area contributed by atoms with E-state index >= 15 is 0 Å². The molecule has 1 aliphatic heterocycles. The molecule has 0 radical (unpaired) electrons. The van der Waals surface area contributed by atoms with Crippen LogP contribution in [0.15, 0.2) is 12.7 Å². The smallest absolute Gasteiger partial charge is 0.167 e. The van der Waals surface area contributed by atoms with Gasteiger partial charge in [0.15, 0.2) is 17.7 Å². The summed E-state index contributed by atoms with van der Waals surface area (Å²) in [5, 5.41) is 22.9. The maximum atomic E-state index is 10.1. The molecule has 0 bridgehead atoms. The minimum Gasteiger partial charge on any atom is -0.387 e. The summed E-state index contributed by atoms with van der Waals surface area (Å²) < 4.78 is 7.15. The van der Waals surface area contributed by atoms with E-state index in [0.29, 0.717) is 17.0 Å². The summed E-state index contributed by atoms with van der Waals surface area (Å²) in [7, 11) is 1.73. The van der Waals surface area contributed by atoms with Gasteiger partial charge in [0.05, 0.1) is 6.33 Å². The van der Waals surface area contributed by atoms with E-state index in [1.165, 1.54) is 12.7 Å². The monoisotopic (exact) mass is 280 g/mol. The van der Waals surface area contributed by atoms with Gasteiger partial charge in [0.2, 0.25) is 0 Å². The summed E-state index contributed by atoms with van der Waals surface area (Å²) in [6, 6.07) is 0. The molecule has 1 fully saturated rings. The second-order valence-corrected chi connectivity index (χ2v) is 4.58. The molecule has 0 aliphatic carbocycles. The Morgan fingerprint density at radius 2 is 2.15 bits per heavy atom. The van der Waals surface area contributed by atoms with Crippen LogP contribution >= 0.6 is 0 Å². The highest BCUT2D eigenvalue weighted by Gasteiger charge is 2.43. The lowest BCUT2D eigenvalue weighted by atomic mass is 10.1. The van der Waals surface area contributed by atoms with Crippen LogP contribution < -0.4 is 11.1 Å². The SMILES string of the molecule is CNc1ncnc2c1ncn2C1OC(CN)C(O)C1O. The van der Waals surface area contributed by atoms with Gasteiger partial charge < -0.3 is 26.0 Å². The van der Waals surface area contributed by atoms with Crippen molar-refractivity contribution in [2.75, 3.05) is 18.9 Å². The Kier molecular flexibility index (Phi) is 3.26. The standard InChI is InChI=1S/C11H16N6O3/c1-13-9-6-10(15-3-14-9)17(4-16-6)11-8(19)7(18)5(2-12)20-11/h3-5,7-8,11,18-19H,2,12H2,1H3,(H,13,14,15). The lowest BCUT2D eigenvalue weighted by Crippen LogP contribution is -2.35. The summed E-state index contributed by atoms with van der Waals surface area (Å²) in [6.07, 6.45) is -0.618. The van der Waals surface area contributed by atoms with E-state index < -0.39 is 24.5 Å². The molecule has 1 saturated heterocycles. The highest BCUT2D eigenvalue weighted by atomic mass is 16.6. The zero-order valence-corrected chi connectivity index (χ0v) is 10.8. The van der Waals surface area contributed by atoms with Gasteiger partial charge in [0.25, 0.3) is 0 Å². The third-order valence-electron chi connectivity index (χ3n) is 3.44. The van der Waals surface area contributed by atoms with Crippen molar-refractivity contribution in [3.05, 3.63) is 12.7 Å². The van der Waals surface area contributed by atoms with Gasteiger partial charge >= 0.3 is 0 Å². The Balaban J connectivity index is 2.03. The van der Waals surface area contributed by atoms with E-state index in [4.69, 9.17) is 10.5 Å². The lowest BCUT2D eigenvalue weighted by molar-refractivity contribution is -0.0322. The quantitative estimate of drug-likeness (QED) is 0.531. The summed E-state index contributed by atoms with van der Waals surface area (Å²) in [4.78, 5) is 12.4. The highest BCUT2D eigenvalue weighted by molar-refractivity contribution is 5.82. The number of nitrogens with one attached hydrogen (secondary N) is 1. The number of aliphatic hydroxyl groups is 2. The van der Waals surface area contributed by atoms with Gasteiger partial charge in [0, 0.05) is 13.6 Å². The van der Waals surface area contributed by atoms with Gasteiger partial charge in [-0.05, 0) is 0 Å². The summed E-state index contributed by atoms with van der Waals surface area (Å²) in [5.41, 5.74) is 6.58. The van der Waals surface area contributed by atoms with Crippen molar-refractivity contribution in [3.8, 4) is 0 Å². The van der Waals surface area contributed by atoms with Crippen molar-refractivity contribution in [2.24, 2.45) is 5.73 Å². The molecule has 2 aromatic rings. The highest BCUT2D eigenvalue weighted by Crippen LogP contribution is 2.31. The Morgan fingerprint density at radius 1 is 1.35 bits per heavy atom. The molecule has 5 N–H and O–H groups in total. The first-order valence-corrected chi connectivity index (χ1v) is 6.24. The number of aliphatic hydroxyl groups excluding tert-OH is 2. The van der Waals surface area contributed by atoms with E-state index in [-0.39, 0.29) is 6.54 Å². The third-order valence-corrected chi connectivity index (χ3v) is 3.44. The van der Waals surface area contributed by atoms with E-state index in [2.05, 4.69) is 20.3 Å². The molecular weight excluding hydrogens is 264 g/mol. The number of ether oxygens (including phenoxy) is 1. The van der Waals surface area contributed by atoms with Crippen molar-refractivity contribution in [3.63, 3.8) is 0 Å². The van der Waals surface area contributed by atoms with E-state index in [0.717, 1.165) is 0 Å². The zero-order valence-electron chi connectivity index (χ0n) is 10.8. The second kappa shape index (κ2) is 4.94. The second-order valence-electron chi connectivity index (χ2n) is 4.58. The van der Waals surface area contributed by atoms with Gasteiger partial charge in [-0.15, -0.1) is 0 Å². The molecule has 1 aliphatic rings. The van der Waals surface area contributed by atoms with Gasteiger partial charge in [-0.2, -0.15) is 0 Å². The fourth-order valence-corrected chi connectivity index (χ4v) is 2.37. The topological polar surface area (TPSA) is 131 Å². The summed E-state index contributed by atoms with van der Waals surface area (Å²) in [5.74, 6) is 0.581. The minimum absolute atomic E-state index is 0.123. The molecule has 0 aromatic carbocycles. The van der Waals surface area contributed by atoms with Gasteiger partial charge in [-0.25, -0.2) is 15.0 Å². The molecule has 20 heavy (non-hydrogen) atoms. The molecule has 4 unspecified atom stereocenters. The third kappa shape index (κ3) is 1.83. The molecule has 3 heterocycles. The molecule has 108 valence electrons. The lowest BCUT2D eigenvalue weighted by Gasteiger charge is -2.16. The number of anilines is 1. The largest absolute Gasteiger partial charge is 0.387 e. The van der Waals surface area contributed by atoms with E-state index in [9.17, 15) is 10.2 Å². The maximum Gasteiger partial charge on any atom is 0.167 e. The molecule has 0 amide bonds. The number of aromatic nitrogens is 4. The first-order valence-electron chi connectivity index (χ1n) is 6.24. The van der Waals surface area contributed by atoms with Gasteiger partial charge in [0.1, 0.15) is 30.2 Å². The van der Waals surface area contributed by atoms with E-state index in [1.54, 1.807) is 11.6 Å². The number of nitrogens with zero attached hydrogens (tertiary/aromatic N) is 4. The van der Waals surface area contributed by atoms with Crippen LogP contribution in [0.4, 0.5) is 5.82 Å². The predicted molar refractivity (Wildman–Crippen MR) is 69.8 cm³/mol. The maximum absolute atomic E-state index is 10.1. The summed E-state index contributed by atoms with van der Waals surface area (Å²) >= 11 is 0. The number of rotatable bonds is 3. The normalized spacial score (nSPS) is 30.0. The zero-order chi connectivity index (χ0) is 14.3. The fourth-order valence-electron chi connectivity index (χ4n) is 2.37. The van der Waals surface area contributed by atoms with Gasteiger partial charge in [-0.1, -0.05) is 0 Å². The Labute approximate surface area is 114 Å². The number of fused-ring (bicyclic) bond motifs is 1. The molecule has 0 spiro atoms. The first-order chi connectivity index (χ1) is 9.67. The average Bonchev–Trinajstić information content (AvgIpc) is 3.01. The molecule has 9 heteroatoms. The molecule has 3 rings (SSSR count). The molecule has 2 aromatic heterocycles. The Morgan fingerprint density at radius 3 is 2.80 bits per heavy atom. The Hall–Kier alpha value is -1.81. The van der Waals surface area contributed by atoms with Crippen LogP contribution in [0.1, 0.15) is 6.23 Å². The molecular formula is C11H16N6O3. The number of hydrogen-bond donors (Lipinski definition) is 4. The van der Waals surface area contributed by atoms with Crippen LogP contribution in [0, 0.1) is 0 Å². The van der Waals surface area contributed by atoms with Crippen LogP contribution in [0.5, 0.6) is 0 Å². The fraction of sp³-hybridized carbons (Fsp3) is 0.545. The van der Waals surface area contributed by atoms with Gasteiger partial charge in [-0.3, -0.25) is 4.57 Å². The van der Waals surface area contributed by atoms with Crippen LogP contribution in [0.2, 0.25) is 0 Å². The molecule has 9 nitrogen and oxygen atoms in total. The van der Waals surface area contributed by atoms with Crippen LogP contribution in [-0.2, 0) is 4.74 Å². The van der Waals surface area contributed by atoms with Crippen molar-refractivity contribution >= 4 is 17.0 Å². The number of hydrogen-bond acceptors (Lipinski definition) is 8. The first kappa shape index (κ1) is 13.2. The Bertz CT molecular complexity index is 617. The molecule has 4 atom stereocenters. The van der Waals surface area contributed by atoms with E-state index in [1.807, 2.05) is 0 Å². The average molecular weight is 280 g/mol. The number of nitrogens with two attached hydrogens (primary N) is 1. The van der Waals surface area contributed by atoms with Crippen LogP contribution in [0.3, 0.4) is 0 Å². The van der Waals surface area contributed by atoms with Crippen LogP contribution in [0.25, 0.3) is 11.2 Å². The minimum atomic E-state index is -1.09. The van der Waals surface area contributed by atoms with Crippen molar-refractivity contribution in [1.29, 1.82) is 0 Å². The van der Waals surface area contributed by atoms with Crippen LogP contribution in [-0.4, -0.2) is 61.6 Å². The number of imidazole rings is 1.